The van der Waals surface area contributed by atoms with Gasteiger partial charge in [0.25, 0.3) is 0 Å². The van der Waals surface area contributed by atoms with E-state index in [0.29, 0.717) is 18.8 Å². The molecule has 0 radical (unpaired) electrons. The molecule has 10 heteroatoms. The fourth-order valence-electron chi connectivity index (χ4n) is 0.738. The van der Waals surface area contributed by atoms with E-state index in [0.717, 1.165) is 0 Å². The first-order chi connectivity index (χ1) is 5.37. The molecular weight excluding hydrogens is 303 g/mol. The van der Waals surface area contributed by atoms with E-state index in [1.54, 1.807) is 0 Å². The summed E-state index contributed by atoms with van der Waals surface area (Å²) in [6.07, 6.45) is 1.90. The first-order valence-corrected chi connectivity index (χ1v) is 15.2. The van der Waals surface area contributed by atoms with Crippen molar-refractivity contribution < 1.29 is 25.3 Å². The third kappa shape index (κ3) is 3.97. The van der Waals surface area contributed by atoms with E-state index in [-0.39, 0.29) is 0 Å². The van der Waals surface area contributed by atoms with E-state index in [2.05, 4.69) is 0 Å². The van der Waals surface area contributed by atoms with Crippen molar-refractivity contribution >= 4 is 35.5 Å². The second kappa shape index (κ2) is 3.52. The summed E-state index contributed by atoms with van der Waals surface area (Å²) in [5.74, 6) is 0. The quantitative estimate of drug-likeness (QED) is 0.564. The van der Waals surface area contributed by atoms with E-state index in [9.17, 15) is 25.3 Å². The van der Waals surface area contributed by atoms with E-state index >= 15 is 0 Å². The van der Waals surface area contributed by atoms with Crippen LogP contribution < -0.4 is 0 Å². The van der Waals surface area contributed by atoms with Crippen LogP contribution in [0.5, 0.6) is 0 Å². The Hall–Kier alpha value is 0.408. The average Bonchev–Trinajstić information content (AvgIpc) is 1.44. The van der Waals surface area contributed by atoms with E-state index in [4.69, 9.17) is 0 Å². The van der Waals surface area contributed by atoms with Gasteiger partial charge in [-0.3, -0.25) is 0 Å². The monoisotopic (exact) mass is 312 g/mol. The van der Waals surface area contributed by atoms with Gasteiger partial charge in [-0.05, 0) is 0 Å². The molecule has 13 heavy (non-hydrogen) atoms. The fraction of sp³-hybridized carbons (Fsp3) is 1.00. The van der Waals surface area contributed by atoms with Crippen molar-refractivity contribution in [2.24, 2.45) is 0 Å². The predicted molar refractivity (Wildman–Crippen MR) is 50.3 cm³/mol. The Labute approximate surface area is 79.3 Å². The van der Waals surface area contributed by atoms with Crippen LogP contribution in [-0.4, -0.2) is 55.2 Å². The van der Waals surface area contributed by atoms with Gasteiger partial charge in [-0.1, -0.05) is 0 Å². The molecular formula is C3H9AsO6S3. The summed E-state index contributed by atoms with van der Waals surface area (Å²) >= 11 is -3.96. The molecule has 0 saturated carbocycles. The minimum absolute atomic E-state index is 0.634. The van der Waals surface area contributed by atoms with Crippen LogP contribution in [0.2, 0.25) is 0 Å². The summed E-state index contributed by atoms with van der Waals surface area (Å²) < 4.78 is 65.6. The van der Waals surface area contributed by atoms with Crippen LogP contribution in [0, 0.1) is 0 Å². The summed E-state index contributed by atoms with van der Waals surface area (Å²) in [5.41, 5.74) is 0. The first-order valence-electron chi connectivity index (χ1n) is 2.77. The van der Waals surface area contributed by atoms with Gasteiger partial charge in [-0.2, -0.15) is 0 Å². The van der Waals surface area contributed by atoms with Gasteiger partial charge in [-0.25, -0.2) is 0 Å². The summed E-state index contributed by atoms with van der Waals surface area (Å²) in [5, 5.41) is 0. The topological polar surface area (TPSA) is 102 Å². The third-order valence-electron chi connectivity index (χ3n) is 0.812. The van der Waals surface area contributed by atoms with Gasteiger partial charge in [0.15, 0.2) is 0 Å². The summed E-state index contributed by atoms with van der Waals surface area (Å²) in [7, 11) is -12.0. The molecule has 0 fully saturated rings. The first kappa shape index (κ1) is 13.4. The predicted octanol–water partition coefficient (Wildman–Crippen LogP) is -1.89. The zero-order valence-electron chi connectivity index (χ0n) is 7.12. The van der Waals surface area contributed by atoms with Crippen molar-refractivity contribution in [3.63, 3.8) is 0 Å². The Morgan fingerprint density at radius 2 is 0.769 bits per heavy atom. The van der Waals surface area contributed by atoms with Crippen LogP contribution in [0.4, 0.5) is 0 Å². The second-order valence-corrected chi connectivity index (χ2v) is 29.6. The Kier molecular flexibility index (Phi) is 3.63. The maximum absolute atomic E-state index is 10.9. The molecule has 0 atom stereocenters. The maximum atomic E-state index is 10.9. The molecule has 0 rings (SSSR count). The molecule has 0 saturated heterocycles. The number of rotatable bonds is 3. The molecule has 0 heterocycles. The van der Waals surface area contributed by atoms with Gasteiger partial charge < -0.3 is 0 Å². The summed E-state index contributed by atoms with van der Waals surface area (Å²) in [6.45, 7) is 0. The van der Waals surface area contributed by atoms with E-state index in [1.807, 2.05) is 0 Å². The van der Waals surface area contributed by atoms with Crippen LogP contribution >= 0.6 is 0 Å². The Balaban J connectivity index is 5.87. The fourth-order valence-corrected chi connectivity index (χ4v) is 34.5. The van der Waals surface area contributed by atoms with Gasteiger partial charge in [0, 0.05) is 0 Å². The Morgan fingerprint density at radius 3 is 0.769 bits per heavy atom. The zero-order chi connectivity index (χ0) is 11.1. The van der Waals surface area contributed by atoms with Crippen molar-refractivity contribution in [1.82, 2.24) is 0 Å². The van der Waals surface area contributed by atoms with Crippen LogP contribution in [-0.2, 0) is 24.3 Å². The van der Waals surface area contributed by atoms with Gasteiger partial charge in [0.05, 0.1) is 0 Å². The molecule has 0 bridgehead atoms. The molecule has 0 aromatic heterocycles. The molecule has 0 aromatic carbocycles. The molecule has 0 spiro atoms. The molecule has 80 valence electrons. The molecule has 0 aromatic rings. The van der Waals surface area contributed by atoms with Crippen molar-refractivity contribution in [1.29, 1.82) is 0 Å². The Bertz CT molecular complexity index is 405. The summed E-state index contributed by atoms with van der Waals surface area (Å²) in [4.78, 5) is 0. The number of hydrogen-bond acceptors (Lipinski definition) is 6. The van der Waals surface area contributed by atoms with Crippen molar-refractivity contribution in [3.05, 3.63) is 0 Å². The average molecular weight is 312 g/mol. The normalized spacial score (nSPS) is 14.8. The Morgan fingerprint density at radius 1 is 0.615 bits per heavy atom. The van der Waals surface area contributed by atoms with Gasteiger partial charge >= 0.3 is 79.5 Å². The molecule has 0 aliphatic heterocycles. The van der Waals surface area contributed by atoms with Gasteiger partial charge in [0.1, 0.15) is 0 Å². The molecule has 6 nitrogen and oxygen atoms in total. The van der Waals surface area contributed by atoms with Gasteiger partial charge in [0.2, 0.25) is 0 Å². The standard InChI is InChI=1S/C3H9AsO6S3/c1-11(5,6)4(12(2,7)8)13(3,9)10/h1-3H3. The minimum atomic E-state index is -4.01. The summed E-state index contributed by atoms with van der Waals surface area (Å²) in [6, 6.07) is 0. The van der Waals surface area contributed by atoms with Crippen LogP contribution in [0.25, 0.3) is 0 Å². The van der Waals surface area contributed by atoms with Gasteiger partial charge in [-0.15, -0.1) is 0 Å². The van der Waals surface area contributed by atoms with Crippen LogP contribution in [0.3, 0.4) is 0 Å². The van der Waals surface area contributed by atoms with Crippen molar-refractivity contribution in [2.45, 2.75) is 0 Å². The number of hydrogen-bond donors (Lipinski definition) is 0. The molecule has 0 aliphatic rings. The SMILES string of the molecule is CS(=O)(=O)[As](S(C)(=O)=O)S(C)(=O)=O. The van der Waals surface area contributed by atoms with Crippen LogP contribution in [0.15, 0.2) is 0 Å². The molecule has 0 N–H and O–H groups in total. The molecule has 0 aliphatic carbocycles. The molecule has 0 unspecified atom stereocenters. The van der Waals surface area contributed by atoms with Crippen molar-refractivity contribution in [3.8, 4) is 0 Å². The third-order valence-corrected chi connectivity index (χ3v) is 38.0. The van der Waals surface area contributed by atoms with E-state index in [1.165, 1.54) is 0 Å². The molecule has 0 amide bonds. The van der Waals surface area contributed by atoms with Crippen LogP contribution in [0.1, 0.15) is 0 Å². The van der Waals surface area contributed by atoms with E-state index < -0.39 is 35.5 Å². The zero-order valence-corrected chi connectivity index (χ0v) is 11.4. The van der Waals surface area contributed by atoms with Crippen molar-refractivity contribution in [2.75, 3.05) is 18.8 Å². The second-order valence-electron chi connectivity index (χ2n) is 2.42.